The van der Waals surface area contributed by atoms with Crippen LogP contribution in [-0.4, -0.2) is 16.9 Å². The Morgan fingerprint density at radius 3 is 2.14 bits per heavy atom. The average Bonchev–Trinajstić information content (AvgIpc) is 2.84. The zero-order valence-corrected chi connectivity index (χ0v) is 21.4. The van der Waals surface area contributed by atoms with Crippen LogP contribution in [-0.2, 0) is 16.6 Å². The molecule has 0 heterocycles. The molecule has 0 saturated heterocycles. The summed E-state index contributed by atoms with van der Waals surface area (Å²) in [6, 6.07) is 28.7. The van der Waals surface area contributed by atoms with Crippen LogP contribution in [0.4, 0.5) is 11.4 Å². The SMILES string of the molecule is CC(C)(C)c1ccc(C(=O)Nc2cccc(NC(=S)NC(=O)Cc3cccc4ccccc34)c2)cc1. The number of benzene rings is 4. The van der Waals surface area contributed by atoms with Crippen molar-refractivity contribution in [1.29, 1.82) is 0 Å². The summed E-state index contributed by atoms with van der Waals surface area (Å²) in [7, 11) is 0. The molecule has 4 aromatic rings. The van der Waals surface area contributed by atoms with Gasteiger partial charge in [0.2, 0.25) is 5.91 Å². The standard InChI is InChI=1S/C30H29N3O2S/c1-30(2,3)23-16-14-21(15-17-23)28(35)31-24-11-7-12-25(19-24)32-29(36)33-27(34)18-22-10-6-9-20-8-4-5-13-26(20)22/h4-17,19H,18H2,1-3H3,(H,31,35)(H2,32,33,34,36). The molecule has 0 aliphatic heterocycles. The second-order valence-electron chi connectivity index (χ2n) is 9.68. The zero-order chi connectivity index (χ0) is 25.7. The fourth-order valence-electron chi connectivity index (χ4n) is 3.95. The molecular formula is C30H29N3O2S. The van der Waals surface area contributed by atoms with Crippen molar-refractivity contribution >= 4 is 51.3 Å². The van der Waals surface area contributed by atoms with Crippen molar-refractivity contribution in [3.8, 4) is 0 Å². The van der Waals surface area contributed by atoms with Gasteiger partial charge in [-0.25, -0.2) is 0 Å². The lowest BCUT2D eigenvalue weighted by atomic mass is 9.87. The maximum absolute atomic E-state index is 12.7. The Morgan fingerprint density at radius 2 is 1.42 bits per heavy atom. The van der Waals surface area contributed by atoms with Crippen molar-refractivity contribution in [3.05, 3.63) is 108 Å². The first-order valence-electron chi connectivity index (χ1n) is 11.8. The number of fused-ring (bicyclic) bond motifs is 1. The summed E-state index contributed by atoms with van der Waals surface area (Å²) in [6.07, 6.45) is 0.216. The lowest BCUT2D eigenvalue weighted by molar-refractivity contribution is -0.119. The van der Waals surface area contributed by atoms with Gasteiger partial charge in [-0.1, -0.05) is 81.4 Å². The number of thiocarbonyl (C=S) groups is 1. The van der Waals surface area contributed by atoms with Crippen LogP contribution in [0, 0.1) is 0 Å². The van der Waals surface area contributed by atoms with Gasteiger partial charge >= 0.3 is 0 Å². The zero-order valence-electron chi connectivity index (χ0n) is 20.6. The minimum absolute atomic E-state index is 0.0255. The van der Waals surface area contributed by atoms with E-state index in [1.54, 1.807) is 18.2 Å². The molecule has 0 aromatic heterocycles. The molecule has 4 aromatic carbocycles. The van der Waals surface area contributed by atoms with Gasteiger partial charge < -0.3 is 16.0 Å². The molecular weight excluding hydrogens is 466 g/mol. The van der Waals surface area contributed by atoms with Crippen LogP contribution < -0.4 is 16.0 Å². The first kappa shape index (κ1) is 25.1. The number of hydrogen-bond donors (Lipinski definition) is 3. The molecule has 4 rings (SSSR count). The van der Waals surface area contributed by atoms with Crippen LogP contribution in [0.15, 0.2) is 91.0 Å². The number of carbonyl (C=O) groups is 2. The van der Waals surface area contributed by atoms with Gasteiger partial charge in [-0.3, -0.25) is 9.59 Å². The van der Waals surface area contributed by atoms with Gasteiger partial charge in [0.25, 0.3) is 5.91 Å². The molecule has 0 aliphatic carbocycles. The Balaban J connectivity index is 1.35. The normalized spacial score (nSPS) is 11.1. The summed E-state index contributed by atoms with van der Waals surface area (Å²) in [6.45, 7) is 6.41. The van der Waals surface area contributed by atoms with Crippen LogP contribution >= 0.6 is 12.2 Å². The molecule has 3 N–H and O–H groups in total. The van der Waals surface area contributed by atoms with E-state index >= 15 is 0 Å². The summed E-state index contributed by atoms with van der Waals surface area (Å²) < 4.78 is 0. The molecule has 0 unspecified atom stereocenters. The Bertz CT molecular complexity index is 1420. The summed E-state index contributed by atoms with van der Waals surface area (Å²) >= 11 is 5.34. The monoisotopic (exact) mass is 495 g/mol. The third kappa shape index (κ3) is 6.34. The topological polar surface area (TPSA) is 70.2 Å². The van der Waals surface area contributed by atoms with Crippen molar-refractivity contribution in [2.24, 2.45) is 0 Å². The Kier molecular flexibility index (Phi) is 7.46. The largest absolute Gasteiger partial charge is 0.332 e. The van der Waals surface area contributed by atoms with E-state index < -0.39 is 0 Å². The molecule has 5 nitrogen and oxygen atoms in total. The number of rotatable bonds is 5. The Hall–Kier alpha value is -4.03. The van der Waals surface area contributed by atoms with Gasteiger partial charge in [-0.05, 0) is 69.9 Å². The summed E-state index contributed by atoms with van der Waals surface area (Å²) in [5, 5.41) is 11.0. The summed E-state index contributed by atoms with van der Waals surface area (Å²) in [4.78, 5) is 25.3. The summed E-state index contributed by atoms with van der Waals surface area (Å²) in [5.74, 6) is -0.398. The first-order chi connectivity index (χ1) is 17.2. The lowest BCUT2D eigenvalue weighted by Gasteiger charge is -2.19. The van der Waals surface area contributed by atoms with Crippen molar-refractivity contribution < 1.29 is 9.59 Å². The van der Waals surface area contributed by atoms with Crippen LogP contribution in [0.3, 0.4) is 0 Å². The minimum Gasteiger partial charge on any atom is -0.332 e. The molecule has 2 amide bonds. The van der Waals surface area contributed by atoms with Crippen molar-refractivity contribution in [1.82, 2.24) is 5.32 Å². The second kappa shape index (κ2) is 10.7. The average molecular weight is 496 g/mol. The van der Waals surface area contributed by atoms with Gasteiger partial charge in [0, 0.05) is 16.9 Å². The highest BCUT2D eigenvalue weighted by atomic mass is 32.1. The lowest BCUT2D eigenvalue weighted by Crippen LogP contribution is -2.35. The van der Waals surface area contributed by atoms with Crippen LogP contribution in [0.25, 0.3) is 10.8 Å². The molecule has 0 fully saturated rings. The summed E-state index contributed by atoms with van der Waals surface area (Å²) in [5.41, 5.74) is 3.99. The molecule has 0 bridgehead atoms. The molecule has 182 valence electrons. The predicted molar refractivity (Wildman–Crippen MR) is 152 cm³/mol. The van der Waals surface area contributed by atoms with Crippen molar-refractivity contribution in [3.63, 3.8) is 0 Å². The van der Waals surface area contributed by atoms with Gasteiger partial charge in [0.05, 0.1) is 6.42 Å². The smallest absolute Gasteiger partial charge is 0.255 e. The van der Waals surface area contributed by atoms with Gasteiger partial charge in [-0.15, -0.1) is 0 Å². The number of anilines is 2. The molecule has 0 aliphatic rings. The molecule has 0 radical (unpaired) electrons. The first-order valence-corrected chi connectivity index (χ1v) is 12.2. The Morgan fingerprint density at radius 1 is 0.778 bits per heavy atom. The van der Waals surface area contributed by atoms with Crippen molar-refractivity contribution in [2.75, 3.05) is 10.6 Å². The fraction of sp³-hybridized carbons (Fsp3) is 0.167. The van der Waals surface area contributed by atoms with Gasteiger partial charge in [-0.2, -0.15) is 0 Å². The van der Waals surface area contributed by atoms with E-state index in [1.807, 2.05) is 72.8 Å². The highest BCUT2D eigenvalue weighted by Crippen LogP contribution is 2.23. The van der Waals surface area contributed by atoms with Gasteiger partial charge in [0.1, 0.15) is 0 Å². The highest BCUT2D eigenvalue weighted by Gasteiger charge is 2.15. The van der Waals surface area contributed by atoms with E-state index in [4.69, 9.17) is 12.2 Å². The maximum Gasteiger partial charge on any atom is 0.255 e. The maximum atomic E-state index is 12.7. The minimum atomic E-state index is -0.202. The number of nitrogens with one attached hydrogen (secondary N) is 3. The third-order valence-corrected chi connectivity index (χ3v) is 6.08. The van der Waals surface area contributed by atoms with E-state index in [1.165, 1.54) is 5.56 Å². The van der Waals surface area contributed by atoms with E-state index in [0.29, 0.717) is 16.9 Å². The number of carbonyl (C=O) groups excluding carboxylic acids is 2. The van der Waals surface area contributed by atoms with Crippen molar-refractivity contribution in [2.45, 2.75) is 32.6 Å². The highest BCUT2D eigenvalue weighted by molar-refractivity contribution is 7.80. The van der Waals surface area contributed by atoms with E-state index in [2.05, 4.69) is 36.7 Å². The van der Waals surface area contributed by atoms with E-state index in [-0.39, 0.29) is 28.8 Å². The molecule has 0 atom stereocenters. The quantitative estimate of drug-likeness (QED) is 0.279. The molecule has 36 heavy (non-hydrogen) atoms. The molecule has 0 saturated carbocycles. The third-order valence-electron chi connectivity index (χ3n) is 5.88. The predicted octanol–water partition coefficient (Wildman–Crippen LogP) is 6.45. The number of amides is 2. The Labute approximate surface area is 216 Å². The van der Waals surface area contributed by atoms with E-state index in [9.17, 15) is 9.59 Å². The van der Waals surface area contributed by atoms with Crippen LogP contribution in [0.2, 0.25) is 0 Å². The van der Waals surface area contributed by atoms with Crippen LogP contribution in [0.5, 0.6) is 0 Å². The number of hydrogen-bond acceptors (Lipinski definition) is 3. The molecule has 0 spiro atoms. The second-order valence-corrected chi connectivity index (χ2v) is 10.1. The van der Waals surface area contributed by atoms with Crippen LogP contribution in [0.1, 0.15) is 42.3 Å². The molecule has 6 heteroatoms. The fourth-order valence-corrected chi connectivity index (χ4v) is 4.18. The van der Waals surface area contributed by atoms with E-state index in [0.717, 1.165) is 16.3 Å². The van der Waals surface area contributed by atoms with Gasteiger partial charge in [0.15, 0.2) is 5.11 Å².